The van der Waals surface area contributed by atoms with Crippen LogP contribution in [0.15, 0.2) is 51.7 Å². The zero-order valence-corrected chi connectivity index (χ0v) is 25.0. The van der Waals surface area contributed by atoms with E-state index in [-0.39, 0.29) is 11.6 Å². The van der Waals surface area contributed by atoms with Gasteiger partial charge in [-0.15, -0.1) is 0 Å². The molecule has 9 nitrogen and oxygen atoms in total. The van der Waals surface area contributed by atoms with Crippen LogP contribution in [-0.2, 0) is 18.8 Å². The number of urea groups is 1. The van der Waals surface area contributed by atoms with Crippen molar-refractivity contribution in [3.05, 3.63) is 54.4 Å². The Balaban J connectivity index is 2.82. The van der Waals surface area contributed by atoms with Crippen LogP contribution in [0, 0.1) is 0 Å². The van der Waals surface area contributed by atoms with Gasteiger partial charge in [0.25, 0.3) is 0 Å². The highest BCUT2D eigenvalue weighted by molar-refractivity contribution is 6.74. The summed E-state index contributed by atoms with van der Waals surface area (Å²) in [5.74, 6) is -1.13. The standard InChI is InChI=1S/C28H42N2O7Si/c1-10-34-25(32)19-24(31)28(29-26(33)30(6)7,20(2)37-38(8,9)27(3,4)5)22(23-14-12-18-36-23)16-15-21-13-11-17-35-21/h11-18,20,22H,10,19H2,1-9H3,(H,29,33)/b16-15+/t20-,22+,28-/m0/s1. The monoisotopic (exact) mass is 546 g/mol. The lowest BCUT2D eigenvalue weighted by Gasteiger charge is -2.47. The Kier molecular flexibility index (Phi) is 10.3. The highest BCUT2D eigenvalue weighted by atomic mass is 28.4. The minimum atomic E-state index is -2.47. The van der Waals surface area contributed by atoms with Crippen molar-refractivity contribution in [2.45, 2.75) is 76.7 Å². The quantitative estimate of drug-likeness (QED) is 0.209. The van der Waals surface area contributed by atoms with E-state index in [0.717, 1.165) is 0 Å². The Bertz CT molecular complexity index is 1090. The van der Waals surface area contributed by atoms with Crippen LogP contribution in [0.3, 0.4) is 0 Å². The van der Waals surface area contributed by atoms with E-state index in [0.29, 0.717) is 11.5 Å². The number of amides is 2. The first kappa shape index (κ1) is 31.1. The second-order valence-electron chi connectivity index (χ2n) is 11.0. The molecule has 0 fully saturated rings. The summed E-state index contributed by atoms with van der Waals surface area (Å²) >= 11 is 0. The van der Waals surface area contributed by atoms with Gasteiger partial charge >= 0.3 is 12.0 Å². The lowest BCUT2D eigenvalue weighted by Crippen LogP contribution is -2.68. The van der Waals surface area contributed by atoms with Crippen molar-refractivity contribution in [1.29, 1.82) is 0 Å². The Hall–Kier alpha value is -3.11. The summed E-state index contributed by atoms with van der Waals surface area (Å²) in [6, 6.07) is 6.43. The number of esters is 1. The van der Waals surface area contributed by atoms with Crippen LogP contribution >= 0.6 is 0 Å². The molecule has 1 N–H and O–H groups in total. The summed E-state index contributed by atoms with van der Waals surface area (Å²) in [7, 11) is 0.688. The maximum Gasteiger partial charge on any atom is 0.317 e. The Morgan fingerprint density at radius 1 is 1.11 bits per heavy atom. The van der Waals surface area contributed by atoms with Gasteiger partial charge in [-0.2, -0.15) is 0 Å². The number of ether oxygens (including phenoxy) is 1. The van der Waals surface area contributed by atoms with Crippen molar-refractivity contribution in [2.75, 3.05) is 20.7 Å². The fourth-order valence-corrected chi connectivity index (χ4v) is 5.33. The molecule has 2 aromatic rings. The number of rotatable bonds is 12. The molecule has 0 aliphatic heterocycles. The predicted molar refractivity (Wildman–Crippen MR) is 148 cm³/mol. The number of nitrogens with one attached hydrogen (secondary N) is 1. The molecule has 0 bridgehead atoms. The molecule has 0 radical (unpaired) electrons. The molecular formula is C28H42N2O7Si. The minimum absolute atomic E-state index is 0.124. The molecule has 0 aromatic carbocycles. The molecule has 0 saturated heterocycles. The van der Waals surface area contributed by atoms with Gasteiger partial charge in [0.15, 0.2) is 14.1 Å². The second-order valence-corrected chi connectivity index (χ2v) is 15.7. The third kappa shape index (κ3) is 7.26. The fourth-order valence-electron chi connectivity index (χ4n) is 3.91. The zero-order chi connectivity index (χ0) is 28.7. The molecular weight excluding hydrogens is 504 g/mol. The molecule has 3 atom stereocenters. The van der Waals surface area contributed by atoms with Gasteiger partial charge in [-0.3, -0.25) is 9.59 Å². The van der Waals surface area contributed by atoms with Crippen LogP contribution in [0.4, 0.5) is 4.79 Å². The average molecular weight is 547 g/mol. The van der Waals surface area contributed by atoms with Crippen molar-refractivity contribution in [3.63, 3.8) is 0 Å². The number of hydrogen-bond donors (Lipinski definition) is 1. The molecule has 0 unspecified atom stereocenters. The highest BCUT2D eigenvalue weighted by Crippen LogP contribution is 2.42. The molecule has 0 spiro atoms. The lowest BCUT2D eigenvalue weighted by atomic mass is 9.73. The normalized spacial score (nSPS) is 15.5. The molecule has 10 heteroatoms. The first-order valence-electron chi connectivity index (χ1n) is 12.8. The Morgan fingerprint density at radius 2 is 1.74 bits per heavy atom. The fraction of sp³-hybridized carbons (Fsp3) is 0.536. The van der Waals surface area contributed by atoms with E-state index in [4.69, 9.17) is 18.0 Å². The molecule has 2 aromatic heterocycles. The maximum atomic E-state index is 14.3. The van der Waals surface area contributed by atoms with Gasteiger partial charge in [0.1, 0.15) is 23.5 Å². The summed E-state index contributed by atoms with van der Waals surface area (Å²) < 4.78 is 23.2. The molecule has 38 heavy (non-hydrogen) atoms. The predicted octanol–water partition coefficient (Wildman–Crippen LogP) is 5.61. The molecule has 2 amide bonds. The van der Waals surface area contributed by atoms with E-state index in [2.05, 4.69) is 39.2 Å². The Morgan fingerprint density at radius 3 is 2.24 bits per heavy atom. The van der Waals surface area contributed by atoms with Crippen molar-refractivity contribution < 1.29 is 32.4 Å². The number of nitrogens with zero attached hydrogens (tertiary/aromatic N) is 1. The number of Topliss-reactive ketones (excluding diaryl/α,β-unsaturated/α-hetero) is 1. The van der Waals surface area contributed by atoms with E-state index in [1.807, 2.05) is 0 Å². The molecule has 0 saturated carbocycles. The average Bonchev–Trinajstić information content (AvgIpc) is 3.51. The summed E-state index contributed by atoms with van der Waals surface area (Å²) in [5.41, 5.74) is -1.73. The van der Waals surface area contributed by atoms with Crippen LogP contribution in [0.2, 0.25) is 18.1 Å². The van der Waals surface area contributed by atoms with Crippen molar-refractivity contribution in [2.24, 2.45) is 0 Å². The van der Waals surface area contributed by atoms with Crippen molar-refractivity contribution in [1.82, 2.24) is 10.2 Å². The zero-order valence-electron chi connectivity index (χ0n) is 24.0. The molecule has 0 aliphatic carbocycles. The summed E-state index contributed by atoms with van der Waals surface area (Å²) in [4.78, 5) is 41.5. The smallest absolute Gasteiger partial charge is 0.317 e. The number of carbonyl (C=O) groups excluding carboxylic acids is 3. The van der Waals surface area contributed by atoms with E-state index in [1.165, 1.54) is 17.4 Å². The number of ketones is 1. The minimum Gasteiger partial charge on any atom is -0.469 e. The summed E-state index contributed by atoms with van der Waals surface area (Å²) in [6.07, 6.45) is 5.07. The van der Waals surface area contributed by atoms with E-state index in [1.54, 1.807) is 64.4 Å². The summed E-state index contributed by atoms with van der Waals surface area (Å²) in [6.45, 7) is 14.0. The first-order valence-corrected chi connectivity index (χ1v) is 15.7. The Labute approximate surface area is 226 Å². The van der Waals surface area contributed by atoms with Crippen LogP contribution in [0.25, 0.3) is 6.08 Å². The van der Waals surface area contributed by atoms with Gasteiger partial charge in [-0.1, -0.05) is 26.8 Å². The SMILES string of the molecule is CCOC(=O)CC(=O)[C@](NC(=O)N(C)C)([C@H](C)O[Si](C)(C)C(C)(C)C)[C@H](/C=C/c1ccco1)c1ccco1. The van der Waals surface area contributed by atoms with Gasteiger partial charge in [0.2, 0.25) is 0 Å². The van der Waals surface area contributed by atoms with Gasteiger partial charge < -0.3 is 28.2 Å². The largest absolute Gasteiger partial charge is 0.469 e. The van der Waals surface area contributed by atoms with Crippen LogP contribution < -0.4 is 5.32 Å². The topological polar surface area (TPSA) is 111 Å². The van der Waals surface area contributed by atoms with Crippen LogP contribution in [-0.4, -0.2) is 63.3 Å². The third-order valence-corrected chi connectivity index (χ3v) is 11.6. The van der Waals surface area contributed by atoms with Gasteiger partial charge in [0.05, 0.1) is 31.2 Å². The third-order valence-electron chi connectivity index (χ3n) is 7.05. The van der Waals surface area contributed by atoms with Crippen molar-refractivity contribution >= 4 is 32.2 Å². The van der Waals surface area contributed by atoms with Gasteiger partial charge in [-0.25, -0.2) is 4.79 Å². The first-order chi connectivity index (χ1) is 17.7. The number of furan rings is 2. The molecule has 0 aliphatic rings. The lowest BCUT2D eigenvalue weighted by molar-refractivity contribution is -0.148. The van der Waals surface area contributed by atoms with E-state index >= 15 is 0 Å². The maximum absolute atomic E-state index is 14.3. The van der Waals surface area contributed by atoms with E-state index in [9.17, 15) is 14.4 Å². The molecule has 2 heterocycles. The number of carbonyl (C=O) groups is 3. The highest BCUT2D eigenvalue weighted by Gasteiger charge is 2.55. The second kappa shape index (κ2) is 12.6. The number of hydrogen-bond acceptors (Lipinski definition) is 7. The molecule has 210 valence electrons. The van der Waals surface area contributed by atoms with Gasteiger partial charge in [0, 0.05) is 14.1 Å². The van der Waals surface area contributed by atoms with Crippen molar-refractivity contribution in [3.8, 4) is 0 Å². The molecule has 2 rings (SSSR count). The van der Waals surface area contributed by atoms with Gasteiger partial charge in [-0.05, 0) is 62.3 Å². The summed E-state index contributed by atoms with van der Waals surface area (Å²) in [5, 5.41) is 2.77. The van der Waals surface area contributed by atoms with Crippen LogP contribution in [0.1, 0.15) is 58.5 Å². The van der Waals surface area contributed by atoms with Crippen LogP contribution in [0.5, 0.6) is 0 Å². The van der Waals surface area contributed by atoms with E-state index < -0.39 is 50.1 Å².